The highest BCUT2D eigenvalue weighted by Crippen LogP contribution is 2.27. The Balaban J connectivity index is 1.45. The van der Waals surface area contributed by atoms with Crippen LogP contribution in [0.25, 0.3) is 0 Å². The van der Waals surface area contributed by atoms with Gasteiger partial charge >= 0.3 is 6.03 Å². The Kier molecular flexibility index (Phi) is 8.35. The molecular weight excluding hydrogens is 388 g/mol. The van der Waals surface area contributed by atoms with Crippen LogP contribution in [0.5, 0.6) is 0 Å². The summed E-state index contributed by atoms with van der Waals surface area (Å²) >= 11 is 0. The second-order valence-corrected chi connectivity index (χ2v) is 9.66. The summed E-state index contributed by atoms with van der Waals surface area (Å²) in [6.45, 7) is 12.8. The smallest absolute Gasteiger partial charge is 0.318 e. The first-order chi connectivity index (χ1) is 14.8. The minimum Gasteiger partial charge on any atom is -0.340 e. The van der Waals surface area contributed by atoms with Gasteiger partial charge in [0.1, 0.15) is 0 Å². The summed E-state index contributed by atoms with van der Waals surface area (Å²) in [7, 11) is 0. The number of nitrogens with one attached hydrogen (secondary N) is 1. The molecule has 2 fully saturated rings. The topological polar surface area (TPSA) is 55.9 Å². The second-order valence-electron chi connectivity index (χ2n) is 9.66. The van der Waals surface area contributed by atoms with E-state index >= 15 is 0 Å². The fraction of sp³-hybridized carbons (Fsp3) is 0.680. The van der Waals surface area contributed by atoms with Gasteiger partial charge in [0, 0.05) is 56.8 Å². The van der Waals surface area contributed by atoms with Gasteiger partial charge in [-0.25, -0.2) is 4.79 Å². The molecule has 1 aliphatic heterocycles. The second kappa shape index (κ2) is 11.0. The van der Waals surface area contributed by atoms with Crippen LogP contribution in [0.1, 0.15) is 58.9 Å². The zero-order valence-corrected chi connectivity index (χ0v) is 19.7. The first-order valence-electron chi connectivity index (χ1n) is 12.0. The minimum atomic E-state index is -0.00145. The van der Waals surface area contributed by atoms with Crippen molar-refractivity contribution in [2.24, 2.45) is 5.92 Å². The number of hydrogen-bond acceptors (Lipinski definition) is 3. The summed E-state index contributed by atoms with van der Waals surface area (Å²) in [6, 6.07) is 10.9. The Labute approximate surface area is 188 Å². The number of benzene rings is 1. The molecule has 0 bridgehead atoms. The van der Waals surface area contributed by atoms with E-state index in [0.29, 0.717) is 18.5 Å². The van der Waals surface area contributed by atoms with Crippen molar-refractivity contribution in [3.8, 4) is 0 Å². The zero-order chi connectivity index (χ0) is 22.4. The average Bonchev–Trinajstić information content (AvgIpc) is 2.78. The number of carbonyl (C=O) groups is 2. The van der Waals surface area contributed by atoms with E-state index in [0.717, 1.165) is 57.4 Å². The Hall–Kier alpha value is -2.08. The third-order valence-electron chi connectivity index (χ3n) is 6.84. The van der Waals surface area contributed by atoms with E-state index in [1.807, 2.05) is 23.1 Å². The molecule has 31 heavy (non-hydrogen) atoms. The Morgan fingerprint density at radius 1 is 0.968 bits per heavy atom. The van der Waals surface area contributed by atoms with Crippen LogP contribution in [0.15, 0.2) is 30.3 Å². The van der Waals surface area contributed by atoms with E-state index in [1.165, 1.54) is 0 Å². The third-order valence-corrected chi connectivity index (χ3v) is 6.84. The molecule has 3 rings (SSSR count). The lowest BCUT2D eigenvalue weighted by Gasteiger charge is -2.39. The summed E-state index contributed by atoms with van der Waals surface area (Å²) in [6.07, 6.45) is 3.50. The van der Waals surface area contributed by atoms with Crippen molar-refractivity contribution in [2.75, 3.05) is 26.2 Å². The predicted molar refractivity (Wildman–Crippen MR) is 125 cm³/mol. The van der Waals surface area contributed by atoms with E-state index in [1.54, 1.807) is 0 Å². The SMILES string of the molecule is CC(C)N1CCN(C(=O)[C@H]2CC[C@H](NC(=O)N(Cc3ccccc3)C(C)C)CC2)CC1. The Morgan fingerprint density at radius 2 is 1.58 bits per heavy atom. The molecule has 6 heteroatoms. The summed E-state index contributed by atoms with van der Waals surface area (Å²) in [4.78, 5) is 32.3. The molecule has 0 aromatic heterocycles. The maximum absolute atomic E-state index is 13.0. The van der Waals surface area contributed by atoms with Gasteiger partial charge in [-0.15, -0.1) is 0 Å². The highest BCUT2D eigenvalue weighted by atomic mass is 16.2. The summed E-state index contributed by atoms with van der Waals surface area (Å²) in [5.74, 6) is 0.435. The lowest BCUT2D eigenvalue weighted by molar-refractivity contribution is -0.138. The number of piperazine rings is 1. The van der Waals surface area contributed by atoms with Gasteiger partial charge in [0.2, 0.25) is 5.91 Å². The number of carbonyl (C=O) groups excluding carboxylic acids is 2. The van der Waals surface area contributed by atoms with Gasteiger partial charge < -0.3 is 15.1 Å². The summed E-state index contributed by atoms with van der Waals surface area (Å²) < 4.78 is 0. The van der Waals surface area contributed by atoms with Crippen molar-refractivity contribution in [1.29, 1.82) is 0 Å². The van der Waals surface area contributed by atoms with Crippen LogP contribution in [0.2, 0.25) is 0 Å². The maximum atomic E-state index is 13.0. The van der Waals surface area contributed by atoms with E-state index < -0.39 is 0 Å². The van der Waals surface area contributed by atoms with Crippen molar-refractivity contribution in [3.63, 3.8) is 0 Å². The maximum Gasteiger partial charge on any atom is 0.318 e. The molecule has 6 nitrogen and oxygen atoms in total. The number of rotatable bonds is 6. The molecule has 1 aromatic carbocycles. The lowest BCUT2D eigenvalue weighted by Crippen LogP contribution is -2.53. The Morgan fingerprint density at radius 3 is 2.13 bits per heavy atom. The average molecular weight is 429 g/mol. The normalized spacial score (nSPS) is 22.6. The van der Waals surface area contributed by atoms with Crippen LogP contribution in [0.3, 0.4) is 0 Å². The molecule has 172 valence electrons. The van der Waals surface area contributed by atoms with Crippen LogP contribution >= 0.6 is 0 Å². The van der Waals surface area contributed by atoms with E-state index in [-0.39, 0.29) is 24.0 Å². The van der Waals surface area contributed by atoms with Crippen LogP contribution < -0.4 is 5.32 Å². The van der Waals surface area contributed by atoms with Crippen LogP contribution in [0, 0.1) is 5.92 Å². The minimum absolute atomic E-state index is 0.00145. The van der Waals surface area contributed by atoms with Gasteiger partial charge in [-0.1, -0.05) is 30.3 Å². The predicted octanol–water partition coefficient (Wildman–Crippen LogP) is 3.72. The first kappa shape index (κ1) is 23.6. The fourth-order valence-corrected chi connectivity index (χ4v) is 4.73. The van der Waals surface area contributed by atoms with E-state index in [9.17, 15) is 9.59 Å². The molecular formula is C25H40N4O2. The molecule has 1 N–H and O–H groups in total. The van der Waals surface area contributed by atoms with Crippen LogP contribution in [-0.4, -0.2) is 70.9 Å². The van der Waals surface area contributed by atoms with Crippen molar-refractivity contribution >= 4 is 11.9 Å². The summed E-state index contributed by atoms with van der Waals surface area (Å²) in [5.41, 5.74) is 1.14. The molecule has 1 aromatic rings. The molecule has 1 heterocycles. The van der Waals surface area contributed by atoms with Crippen molar-refractivity contribution in [2.45, 2.75) is 78.0 Å². The molecule has 0 spiro atoms. The molecule has 0 unspecified atom stereocenters. The van der Waals surface area contributed by atoms with Crippen molar-refractivity contribution in [1.82, 2.24) is 20.0 Å². The fourth-order valence-electron chi connectivity index (χ4n) is 4.73. The van der Waals surface area contributed by atoms with Crippen LogP contribution in [-0.2, 0) is 11.3 Å². The van der Waals surface area contributed by atoms with Gasteiger partial charge in [-0.2, -0.15) is 0 Å². The number of nitrogens with zero attached hydrogens (tertiary/aromatic N) is 3. The first-order valence-corrected chi connectivity index (χ1v) is 12.0. The molecule has 0 radical (unpaired) electrons. The highest BCUT2D eigenvalue weighted by Gasteiger charge is 2.32. The molecule has 1 aliphatic carbocycles. The molecule has 1 saturated heterocycles. The summed E-state index contributed by atoms with van der Waals surface area (Å²) in [5, 5.41) is 3.23. The molecule has 0 atom stereocenters. The highest BCUT2D eigenvalue weighted by molar-refractivity contribution is 5.79. The Bertz CT molecular complexity index is 705. The molecule has 2 aliphatic rings. The van der Waals surface area contributed by atoms with Crippen molar-refractivity contribution < 1.29 is 9.59 Å². The number of amides is 3. The number of hydrogen-bond donors (Lipinski definition) is 1. The molecule has 3 amide bonds. The zero-order valence-electron chi connectivity index (χ0n) is 19.7. The molecule has 1 saturated carbocycles. The van der Waals surface area contributed by atoms with Crippen LogP contribution in [0.4, 0.5) is 4.79 Å². The van der Waals surface area contributed by atoms with E-state index in [2.05, 4.69) is 54.9 Å². The third kappa shape index (κ3) is 6.45. The quantitative estimate of drug-likeness (QED) is 0.751. The van der Waals surface area contributed by atoms with E-state index in [4.69, 9.17) is 0 Å². The van der Waals surface area contributed by atoms with Gasteiger partial charge in [0.15, 0.2) is 0 Å². The number of urea groups is 1. The van der Waals surface area contributed by atoms with Gasteiger partial charge in [-0.05, 0) is 58.9 Å². The monoisotopic (exact) mass is 428 g/mol. The van der Waals surface area contributed by atoms with Crippen molar-refractivity contribution in [3.05, 3.63) is 35.9 Å². The van der Waals surface area contributed by atoms with Gasteiger partial charge in [0.05, 0.1) is 0 Å². The lowest BCUT2D eigenvalue weighted by atomic mass is 9.85. The standard InChI is InChI=1S/C25H40N4O2/c1-19(2)27-14-16-28(17-15-27)24(30)22-10-12-23(13-11-22)26-25(31)29(20(3)4)18-21-8-6-5-7-9-21/h5-9,19-20,22-23H,10-18H2,1-4H3,(H,26,31)/t22-,23-. The van der Waals surface area contributed by atoms with Gasteiger partial charge in [0.25, 0.3) is 0 Å². The van der Waals surface area contributed by atoms with Gasteiger partial charge in [-0.3, -0.25) is 9.69 Å². The largest absolute Gasteiger partial charge is 0.340 e.